The van der Waals surface area contributed by atoms with Crippen LogP contribution < -0.4 is 14.4 Å². The van der Waals surface area contributed by atoms with Crippen LogP contribution in [0.5, 0.6) is 11.5 Å². The first-order valence-electron chi connectivity index (χ1n) is 10.0. The van der Waals surface area contributed by atoms with Crippen LogP contribution in [0, 0.1) is 5.82 Å². The molecule has 1 aromatic heterocycles. The highest BCUT2D eigenvalue weighted by atomic mass is 35.5. The molecule has 3 aromatic rings. The van der Waals surface area contributed by atoms with Crippen LogP contribution in [0.25, 0.3) is 5.69 Å². The van der Waals surface area contributed by atoms with Crippen molar-refractivity contribution in [2.75, 3.05) is 31.9 Å². The summed E-state index contributed by atoms with van der Waals surface area (Å²) in [6, 6.07) is 10.4. The Balaban J connectivity index is 1.51. The third-order valence-electron chi connectivity index (χ3n) is 5.94. The van der Waals surface area contributed by atoms with Gasteiger partial charge in [-0.25, -0.2) is 4.39 Å². The minimum Gasteiger partial charge on any atom is -0.454 e. The van der Waals surface area contributed by atoms with E-state index in [-0.39, 0.29) is 18.0 Å². The maximum atomic E-state index is 13.6. The van der Waals surface area contributed by atoms with Gasteiger partial charge in [0.25, 0.3) is 0 Å². The Morgan fingerprint density at radius 2 is 2.00 bits per heavy atom. The van der Waals surface area contributed by atoms with Crippen molar-refractivity contribution in [3.8, 4) is 17.2 Å². The first-order chi connectivity index (χ1) is 15.0. The van der Waals surface area contributed by atoms with Crippen molar-refractivity contribution in [1.29, 1.82) is 0 Å². The first-order valence-corrected chi connectivity index (χ1v) is 10.4. The largest absolute Gasteiger partial charge is 0.454 e. The van der Waals surface area contributed by atoms with E-state index in [1.165, 1.54) is 12.1 Å². The van der Waals surface area contributed by atoms with Crippen molar-refractivity contribution in [1.82, 2.24) is 14.8 Å². The molecule has 0 N–H and O–H groups in total. The van der Waals surface area contributed by atoms with Crippen molar-refractivity contribution in [3.05, 3.63) is 58.6 Å². The minimum absolute atomic E-state index is 0.210. The zero-order chi connectivity index (χ0) is 21.6. The average Bonchev–Trinajstić information content (AvgIpc) is 3.46. The molecule has 0 unspecified atom stereocenters. The minimum atomic E-state index is -0.334. The summed E-state index contributed by atoms with van der Waals surface area (Å²) in [4.78, 5) is 2.18. The molecule has 9 heteroatoms. The van der Waals surface area contributed by atoms with E-state index in [1.54, 1.807) is 13.2 Å². The monoisotopic (exact) mass is 444 g/mol. The molecule has 0 spiro atoms. The highest BCUT2D eigenvalue weighted by Crippen LogP contribution is 2.41. The van der Waals surface area contributed by atoms with E-state index in [9.17, 15) is 4.39 Å². The van der Waals surface area contributed by atoms with Crippen LogP contribution in [-0.4, -0.2) is 41.8 Å². The third kappa shape index (κ3) is 3.49. The van der Waals surface area contributed by atoms with E-state index in [0.717, 1.165) is 24.2 Å². The van der Waals surface area contributed by atoms with Crippen LogP contribution in [0.2, 0.25) is 5.02 Å². The van der Waals surface area contributed by atoms with E-state index in [0.29, 0.717) is 41.4 Å². The van der Waals surface area contributed by atoms with Gasteiger partial charge in [0.1, 0.15) is 12.4 Å². The van der Waals surface area contributed by atoms with Crippen LogP contribution in [-0.2, 0) is 16.8 Å². The molecular formula is C22H22ClFN4O3. The average molecular weight is 445 g/mol. The number of ether oxygens (including phenoxy) is 3. The SMILES string of the molecule is COCc1nnc(N2CC[C@@](C)(c3ccc(F)cc3Cl)C2)n1-c1ccc2c(c1)OCO2. The van der Waals surface area contributed by atoms with Crippen molar-refractivity contribution >= 4 is 17.5 Å². The summed E-state index contributed by atoms with van der Waals surface area (Å²) >= 11 is 6.39. The lowest BCUT2D eigenvalue weighted by Gasteiger charge is -2.27. The van der Waals surface area contributed by atoms with Gasteiger partial charge in [0.05, 0.1) is 5.69 Å². The van der Waals surface area contributed by atoms with E-state index in [4.69, 9.17) is 25.8 Å². The molecule has 1 saturated heterocycles. The predicted octanol–water partition coefficient (Wildman–Crippen LogP) is 4.10. The topological polar surface area (TPSA) is 61.6 Å². The Kier molecular flexibility index (Phi) is 4.98. The van der Waals surface area contributed by atoms with Crippen LogP contribution in [0.1, 0.15) is 24.7 Å². The summed E-state index contributed by atoms with van der Waals surface area (Å²) in [5.41, 5.74) is 1.56. The zero-order valence-corrected chi connectivity index (χ0v) is 18.0. The summed E-state index contributed by atoms with van der Waals surface area (Å²) in [6.45, 7) is 4.11. The first kappa shape index (κ1) is 20.1. The third-order valence-corrected chi connectivity index (χ3v) is 6.25. The van der Waals surface area contributed by atoms with Crippen molar-refractivity contribution < 1.29 is 18.6 Å². The van der Waals surface area contributed by atoms with Gasteiger partial charge < -0.3 is 19.1 Å². The number of methoxy groups -OCH3 is 1. The molecule has 0 saturated carbocycles. The van der Waals surface area contributed by atoms with Gasteiger partial charge in [-0.1, -0.05) is 24.6 Å². The lowest BCUT2D eigenvalue weighted by Crippen LogP contribution is -2.30. The lowest BCUT2D eigenvalue weighted by molar-refractivity contribution is 0.173. The van der Waals surface area contributed by atoms with Gasteiger partial charge in [0.15, 0.2) is 17.3 Å². The van der Waals surface area contributed by atoms with Crippen LogP contribution >= 0.6 is 11.6 Å². The number of anilines is 1. The number of hydrogen-bond donors (Lipinski definition) is 0. The predicted molar refractivity (Wildman–Crippen MR) is 114 cm³/mol. The number of nitrogens with zero attached hydrogens (tertiary/aromatic N) is 4. The molecular weight excluding hydrogens is 423 g/mol. The normalized spacial score (nSPS) is 19.9. The molecule has 7 nitrogen and oxygen atoms in total. The van der Waals surface area contributed by atoms with E-state index in [2.05, 4.69) is 22.0 Å². The molecule has 0 amide bonds. The molecule has 31 heavy (non-hydrogen) atoms. The molecule has 2 aromatic carbocycles. The molecule has 0 radical (unpaired) electrons. The van der Waals surface area contributed by atoms with E-state index >= 15 is 0 Å². The number of benzene rings is 2. The van der Waals surface area contributed by atoms with Crippen LogP contribution in [0.15, 0.2) is 36.4 Å². The van der Waals surface area contributed by atoms with Crippen molar-refractivity contribution in [2.45, 2.75) is 25.4 Å². The fourth-order valence-electron chi connectivity index (χ4n) is 4.35. The number of rotatable bonds is 5. The second-order valence-electron chi connectivity index (χ2n) is 8.08. The summed E-state index contributed by atoms with van der Waals surface area (Å²) in [5, 5.41) is 9.29. The zero-order valence-electron chi connectivity index (χ0n) is 17.3. The second kappa shape index (κ2) is 7.69. The highest BCUT2D eigenvalue weighted by Gasteiger charge is 2.39. The number of fused-ring (bicyclic) bond motifs is 1. The molecule has 5 rings (SSSR count). The lowest BCUT2D eigenvalue weighted by atomic mass is 9.82. The number of aromatic nitrogens is 3. The quantitative estimate of drug-likeness (QED) is 0.590. The smallest absolute Gasteiger partial charge is 0.232 e. The van der Waals surface area contributed by atoms with Gasteiger partial charge in [0, 0.05) is 36.7 Å². The maximum absolute atomic E-state index is 13.6. The fourth-order valence-corrected chi connectivity index (χ4v) is 4.75. The molecule has 3 heterocycles. The molecule has 0 aliphatic carbocycles. The van der Waals surface area contributed by atoms with E-state index < -0.39 is 0 Å². The Labute approximate surface area is 184 Å². The van der Waals surface area contributed by atoms with Gasteiger partial charge in [-0.05, 0) is 36.2 Å². The van der Waals surface area contributed by atoms with Gasteiger partial charge in [-0.15, -0.1) is 10.2 Å². The van der Waals surface area contributed by atoms with Gasteiger partial charge in [-0.2, -0.15) is 0 Å². The second-order valence-corrected chi connectivity index (χ2v) is 8.49. The van der Waals surface area contributed by atoms with Crippen molar-refractivity contribution in [2.24, 2.45) is 0 Å². The Hall–Kier alpha value is -2.84. The van der Waals surface area contributed by atoms with E-state index in [1.807, 2.05) is 22.8 Å². The molecule has 162 valence electrons. The van der Waals surface area contributed by atoms with Crippen molar-refractivity contribution in [3.63, 3.8) is 0 Å². The Bertz CT molecular complexity index is 1140. The number of halogens is 2. The Morgan fingerprint density at radius 3 is 2.81 bits per heavy atom. The van der Waals surface area contributed by atoms with Gasteiger partial charge in [-0.3, -0.25) is 4.57 Å². The van der Waals surface area contributed by atoms with Crippen LogP contribution in [0.3, 0.4) is 0 Å². The Morgan fingerprint density at radius 1 is 1.16 bits per heavy atom. The highest BCUT2D eigenvalue weighted by molar-refractivity contribution is 6.31. The maximum Gasteiger partial charge on any atom is 0.232 e. The van der Waals surface area contributed by atoms with Gasteiger partial charge >= 0.3 is 0 Å². The van der Waals surface area contributed by atoms with Crippen LogP contribution in [0.4, 0.5) is 10.3 Å². The number of hydrogen-bond acceptors (Lipinski definition) is 6. The fraction of sp³-hybridized carbons (Fsp3) is 0.364. The van der Waals surface area contributed by atoms with Gasteiger partial charge in [0.2, 0.25) is 12.7 Å². The molecule has 1 atom stereocenters. The standard InChI is InChI=1S/C22H22ClFN4O3/c1-22(16-5-3-14(24)9-17(16)23)7-8-27(12-22)21-26-25-20(11-29-2)28(21)15-4-6-18-19(10-15)31-13-30-18/h3-6,9-10H,7-8,11-13H2,1-2H3/t22-/m1/s1. The molecule has 0 bridgehead atoms. The molecule has 2 aliphatic heterocycles. The summed E-state index contributed by atoms with van der Waals surface area (Å²) in [5.74, 6) is 2.47. The molecule has 2 aliphatic rings. The summed E-state index contributed by atoms with van der Waals surface area (Å²) in [6.07, 6.45) is 0.853. The molecule has 1 fully saturated rings. The summed E-state index contributed by atoms with van der Waals surface area (Å²) < 4.78 is 31.9. The summed E-state index contributed by atoms with van der Waals surface area (Å²) in [7, 11) is 1.63.